The van der Waals surface area contributed by atoms with E-state index in [1.807, 2.05) is 19.9 Å². The number of rotatable bonds is 2. The molecule has 0 spiro atoms. The number of aromatic nitrogens is 1. The van der Waals surface area contributed by atoms with Gasteiger partial charge in [-0.3, -0.25) is 4.79 Å². The second-order valence-electron chi connectivity index (χ2n) is 4.36. The fourth-order valence-corrected chi connectivity index (χ4v) is 1.80. The van der Waals surface area contributed by atoms with Gasteiger partial charge in [-0.05, 0) is 49.7 Å². The van der Waals surface area contributed by atoms with Gasteiger partial charge < -0.3 is 11.1 Å². The summed E-state index contributed by atoms with van der Waals surface area (Å²) in [7, 11) is 0. The second-order valence-corrected chi connectivity index (χ2v) is 4.36. The van der Waals surface area contributed by atoms with Crippen molar-refractivity contribution >= 4 is 17.4 Å². The number of carbonyl (C=O) groups excluding carboxylic acids is 1. The zero-order valence-corrected chi connectivity index (χ0v) is 10.7. The predicted molar refractivity (Wildman–Crippen MR) is 72.5 cm³/mol. The molecule has 0 saturated heterocycles. The van der Waals surface area contributed by atoms with Gasteiger partial charge in [-0.1, -0.05) is 0 Å². The summed E-state index contributed by atoms with van der Waals surface area (Å²) in [5.74, 6) is -0.796. The topological polar surface area (TPSA) is 68.0 Å². The van der Waals surface area contributed by atoms with E-state index in [9.17, 15) is 9.18 Å². The Morgan fingerprint density at radius 3 is 2.63 bits per heavy atom. The number of halogens is 1. The number of nitrogens with two attached hydrogens (primary N) is 1. The molecule has 0 saturated carbocycles. The molecule has 2 aromatic rings. The molecule has 3 N–H and O–H groups in total. The van der Waals surface area contributed by atoms with E-state index in [0.29, 0.717) is 5.82 Å². The van der Waals surface area contributed by atoms with Crippen LogP contribution in [0.1, 0.15) is 21.6 Å². The number of nitrogens with zero attached hydrogens (tertiary/aromatic N) is 1. The van der Waals surface area contributed by atoms with Gasteiger partial charge in [0.2, 0.25) is 0 Å². The van der Waals surface area contributed by atoms with Gasteiger partial charge in [0.1, 0.15) is 11.6 Å². The number of pyridine rings is 1. The summed E-state index contributed by atoms with van der Waals surface area (Å²) in [6.07, 6.45) is 0. The number of aryl methyl sites for hydroxylation is 2. The SMILES string of the molecule is Cc1cc(C)nc(NC(=O)c2ccc(N)cc2F)c1. The highest BCUT2D eigenvalue weighted by molar-refractivity contribution is 6.04. The van der Waals surface area contributed by atoms with Gasteiger partial charge in [-0.15, -0.1) is 0 Å². The van der Waals surface area contributed by atoms with E-state index in [4.69, 9.17) is 5.73 Å². The zero-order chi connectivity index (χ0) is 14.0. The van der Waals surface area contributed by atoms with Gasteiger partial charge in [0.25, 0.3) is 5.91 Å². The molecule has 19 heavy (non-hydrogen) atoms. The van der Waals surface area contributed by atoms with Gasteiger partial charge in [-0.25, -0.2) is 9.37 Å². The van der Waals surface area contributed by atoms with Crippen LogP contribution in [-0.4, -0.2) is 10.9 Å². The van der Waals surface area contributed by atoms with Crippen LogP contribution in [0.25, 0.3) is 0 Å². The van der Waals surface area contributed by atoms with Gasteiger partial charge in [-0.2, -0.15) is 0 Å². The highest BCUT2D eigenvalue weighted by Crippen LogP contribution is 2.15. The van der Waals surface area contributed by atoms with Crippen molar-refractivity contribution in [2.45, 2.75) is 13.8 Å². The summed E-state index contributed by atoms with van der Waals surface area (Å²) >= 11 is 0. The summed E-state index contributed by atoms with van der Waals surface area (Å²) in [5, 5.41) is 2.57. The van der Waals surface area contributed by atoms with Crippen molar-refractivity contribution in [1.29, 1.82) is 0 Å². The van der Waals surface area contributed by atoms with Crippen LogP contribution in [0.5, 0.6) is 0 Å². The molecule has 0 unspecified atom stereocenters. The number of hydrogen-bond acceptors (Lipinski definition) is 3. The van der Waals surface area contributed by atoms with Crippen LogP contribution >= 0.6 is 0 Å². The molecule has 98 valence electrons. The van der Waals surface area contributed by atoms with Crippen molar-refractivity contribution in [3.63, 3.8) is 0 Å². The minimum atomic E-state index is -0.651. The summed E-state index contributed by atoms with van der Waals surface area (Å²) < 4.78 is 13.6. The molecular weight excluding hydrogens is 245 g/mol. The van der Waals surface area contributed by atoms with Crippen molar-refractivity contribution in [3.05, 3.63) is 53.0 Å². The Balaban J connectivity index is 2.25. The van der Waals surface area contributed by atoms with Crippen molar-refractivity contribution < 1.29 is 9.18 Å². The largest absolute Gasteiger partial charge is 0.399 e. The van der Waals surface area contributed by atoms with Gasteiger partial charge in [0.05, 0.1) is 5.56 Å². The Kier molecular flexibility index (Phi) is 3.46. The third-order valence-electron chi connectivity index (χ3n) is 2.58. The fourth-order valence-electron chi connectivity index (χ4n) is 1.80. The van der Waals surface area contributed by atoms with Crippen LogP contribution in [0.3, 0.4) is 0 Å². The van der Waals surface area contributed by atoms with Crippen LogP contribution in [0.15, 0.2) is 30.3 Å². The van der Waals surface area contributed by atoms with Gasteiger partial charge in [0.15, 0.2) is 0 Å². The maximum absolute atomic E-state index is 13.6. The number of anilines is 2. The van der Waals surface area contributed by atoms with Crippen LogP contribution in [0.4, 0.5) is 15.9 Å². The lowest BCUT2D eigenvalue weighted by Gasteiger charge is -2.07. The highest BCUT2D eigenvalue weighted by atomic mass is 19.1. The third-order valence-corrected chi connectivity index (χ3v) is 2.58. The van der Waals surface area contributed by atoms with Crippen LogP contribution in [0.2, 0.25) is 0 Å². The molecule has 1 amide bonds. The molecule has 4 nitrogen and oxygen atoms in total. The number of hydrogen-bond donors (Lipinski definition) is 2. The van der Waals surface area contributed by atoms with Crippen LogP contribution in [-0.2, 0) is 0 Å². The summed E-state index contributed by atoms with van der Waals surface area (Å²) in [4.78, 5) is 16.1. The first-order chi connectivity index (χ1) is 8.95. The second kappa shape index (κ2) is 5.06. The third kappa shape index (κ3) is 3.07. The van der Waals surface area contributed by atoms with Crippen LogP contribution < -0.4 is 11.1 Å². The minimum absolute atomic E-state index is 0.0600. The summed E-state index contributed by atoms with van der Waals surface area (Å²) in [6, 6.07) is 7.55. The van der Waals surface area contributed by atoms with E-state index in [1.54, 1.807) is 6.07 Å². The standard InChI is InChI=1S/C14H14FN3O/c1-8-5-9(2)17-13(6-8)18-14(19)11-4-3-10(16)7-12(11)15/h3-7H,16H2,1-2H3,(H,17,18,19). The number of benzene rings is 1. The van der Waals surface area contributed by atoms with Crippen LogP contribution in [0, 0.1) is 19.7 Å². The molecule has 1 aromatic heterocycles. The molecule has 0 aliphatic carbocycles. The van der Waals surface area contributed by atoms with Crippen molar-refractivity contribution in [2.24, 2.45) is 0 Å². The van der Waals surface area contributed by atoms with E-state index in [2.05, 4.69) is 10.3 Å². The first kappa shape index (κ1) is 13.0. The monoisotopic (exact) mass is 259 g/mol. The van der Waals surface area contributed by atoms with Crippen molar-refractivity contribution in [2.75, 3.05) is 11.1 Å². The van der Waals surface area contributed by atoms with Crippen molar-refractivity contribution in [1.82, 2.24) is 4.98 Å². The van der Waals surface area contributed by atoms with Gasteiger partial charge >= 0.3 is 0 Å². The van der Waals surface area contributed by atoms with Crippen molar-refractivity contribution in [3.8, 4) is 0 Å². The maximum atomic E-state index is 13.6. The summed E-state index contributed by atoms with van der Waals surface area (Å²) in [5.41, 5.74) is 7.41. The van der Waals surface area contributed by atoms with E-state index in [-0.39, 0.29) is 11.3 Å². The Morgan fingerprint density at radius 2 is 2.00 bits per heavy atom. The Labute approximate surface area is 110 Å². The molecule has 5 heteroatoms. The quantitative estimate of drug-likeness (QED) is 0.815. The number of amides is 1. The lowest BCUT2D eigenvalue weighted by Crippen LogP contribution is -2.15. The van der Waals surface area contributed by atoms with E-state index in [1.165, 1.54) is 12.1 Å². The number of carbonyl (C=O) groups is 1. The average Bonchev–Trinajstić information content (AvgIpc) is 2.26. The molecule has 0 bridgehead atoms. The highest BCUT2D eigenvalue weighted by Gasteiger charge is 2.12. The Morgan fingerprint density at radius 1 is 1.26 bits per heavy atom. The normalized spacial score (nSPS) is 10.3. The average molecular weight is 259 g/mol. The van der Waals surface area contributed by atoms with E-state index < -0.39 is 11.7 Å². The minimum Gasteiger partial charge on any atom is -0.399 e. The lowest BCUT2D eigenvalue weighted by molar-refractivity contribution is 0.102. The molecule has 0 atom stereocenters. The van der Waals surface area contributed by atoms with Gasteiger partial charge in [0, 0.05) is 11.4 Å². The molecular formula is C14H14FN3O. The Hall–Kier alpha value is -2.43. The van der Waals surface area contributed by atoms with E-state index in [0.717, 1.165) is 17.3 Å². The first-order valence-corrected chi connectivity index (χ1v) is 5.77. The number of nitrogens with one attached hydrogen (secondary N) is 1. The molecule has 0 aliphatic rings. The Bertz CT molecular complexity index is 620. The smallest absolute Gasteiger partial charge is 0.259 e. The fraction of sp³-hybridized carbons (Fsp3) is 0.143. The zero-order valence-electron chi connectivity index (χ0n) is 10.7. The summed E-state index contributed by atoms with van der Waals surface area (Å²) in [6.45, 7) is 3.72. The first-order valence-electron chi connectivity index (χ1n) is 5.77. The maximum Gasteiger partial charge on any atom is 0.259 e. The molecule has 0 fully saturated rings. The van der Waals surface area contributed by atoms with E-state index >= 15 is 0 Å². The molecule has 2 rings (SSSR count). The molecule has 0 radical (unpaired) electrons. The lowest BCUT2D eigenvalue weighted by atomic mass is 10.1. The predicted octanol–water partition coefficient (Wildman–Crippen LogP) is 2.67. The molecule has 1 aromatic carbocycles. The number of nitrogen functional groups attached to an aromatic ring is 1. The molecule has 1 heterocycles. The molecule has 0 aliphatic heterocycles.